The number of halogens is 2. The van der Waals surface area contributed by atoms with Crippen molar-refractivity contribution < 1.29 is 10.2 Å². The van der Waals surface area contributed by atoms with Gasteiger partial charge in [-0.15, -0.1) is 0 Å². The fraction of sp³-hybridized carbons (Fsp3) is 0.933. The summed E-state index contributed by atoms with van der Waals surface area (Å²) in [6.07, 6.45) is 10.8. The molecule has 2 unspecified atom stereocenters. The molecule has 2 N–H and O–H groups in total. The van der Waals surface area contributed by atoms with Gasteiger partial charge in [-0.25, -0.2) is 0 Å². The Bertz CT molecular complexity index is 830. The van der Waals surface area contributed by atoms with E-state index in [1.807, 2.05) is 11.1 Å². The standard InChI is InChI=1S/C30H50BrIO2/c1-18(17-22(33)25(31)27(4,5)34)19-11-15-30(8)21-9-10-23-26(2,3)24(32)13-14-28(23,6)20(21)12-16-29(19,30)7/h18-19,22-25,33-34H,9-17H2,1-8H3/t18-,19-,22?,23+,24+,25?,28-,29-,30+/m1/s1. The molecule has 2 saturated carbocycles. The van der Waals surface area contributed by atoms with E-state index < -0.39 is 11.7 Å². The van der Waals surface area contributed by atoms with Crippen molar-refractivity contribution in [3.63, 3.8) is 0 Å². The van der Waals surface area contributed by atoms with Gasteiger partial charge in [-0.1, -0.05) is 91.2 Å². The third-order valence-electron chi connectivity index (χ3n) is 12.0. The average Bonchev–Trinajstić information content (AvgIpc) is 3.01. The molecular formula is C30H50BrIO2. The predicted molar refractivity (Wildman–Crippen MR) is 156 cm³/mol. The molecule has 9 atom stereocenters. The van der Waals surface area contributed by atoms with Crippen molar-refractivity contribution in [1.82, 2.24) is 0 Å². The van der Waals surface area contributed by atoms with Crippen LogP contribution in [0.15, 0.2) is 11.1 Å². The molecule has 0 heterocycles. The van der Waals surface area contributed by atoms with E-state index in [1.165, 1.54) is 51.4 Å². The Labute approximate surface area is 231 Å². The average molecular weight is 650 g/mol. The summed E-state index contributed by atoms with van der Waals surface area (Å²) in [4.78, 5) is -0.296. The molecule has 4 aliphatic carbocycles. The minimum absolute atomic E-state index is 0.296. The van der Waals surface area contributed by atoms with E-state index in [2.05, 4.69) is 80.1 Å². The predicted octanol–water partition coefficient (Wildman–Crippen LogP) is 8.46. The summed E-state index contributed by atoms with van der Waals surface area (Å²) < 4.78 is 0.792. The minimum Gasteiger partial charge on any atom is -0.392 e. The highest BCUT2D eigenvalue weighted by Gasteiger charge is 2.63. The molecule has 0 aromatic rings. The van der Waals surface area contributed by atoms with Gasteiger partial charge in [-0.2, -0.15) is 0 Å². The fourth-order valence-corrected chi connectivity index (χ4v) is 10.7. The van der Waals surface area contributed by atoms with Crippen LogP contribution < -0.4 is 0 Å². The van der Waals surface area contributed by atoms with Gasteiger partial charge in [0.05, 0.1) is 16.5 Å². The summed E-state index contributed by atoms with van der Waals surface area (Å²) in [6.45, 7) is 18.9. The van der Waals surface area contributed by atoms with Gasteiger partial charge in [0.25, 0.3) is 0 Å². The van der Waals surface area contributed by atoms with E-state index in [1.54, 1.807) is 13.8 Å². The van der Waals surface area contributed by atoms with Crippen LogP contribution in [0.5, 0.6) is 0 Å². The van der Waals surface area contributed by atoms with Gasteiger partial charge in [0.2, 0.25) is 0 Å². The van der Waals surface area contributed by atoms with Gasteiger partial charge in [0, 0.05) is 3.92 Å². The van der Waals surface area contributed by atoms with Crippen LogP contribution in [0.25, 0.3) is 0 Å². The smallest absolute Gasteiger partial charge is 0.0741 e. The number of alkyl halides is 2. The van der Waals surface area contributed by atoms with Crippen molar-refractivity contribution in [2.45, 2.75) is 134 Å². The van der Waals surface area contributed by atoms with Crippen LogP contribution in [0, 0.1) is 39.4 Å². The molecule has 0 aliphatic heterocycles. The summed E-state index contributed by atoms with van der Waals surface area (Å²) in [7, 11) is 0. The highest BCUT2D eigenvalue weighted by molar-refractivity contribution is 14.1. The topological polar surface area (TPSA) is 40.5 Å². The minimum atomic E-state index is -0.920. The first-order valence-electron chi connectivity index (χ1n) is 13.9. The van der Waals surface area contributed by atoms with Crippen LogP contribution in [0.4, 0.5) is 0 Å². The van der Waals surface area contributed by atoms with Crippen molar-refractivity contribution in [2.24, 2.45) is 39.4 Å². The van der Waals surface area contributed by atoms with Gasteiger partial charge in [-0.05, 0) is 111 Å². The molecule has 4 aliphatic rings. The zero-order valence-electron chi connectivity index (χ0n) is 23.0. The number of hydrogen-bond donors (Lipinski definition) is 2. The first kappa shape index (κ1) is 27.9. The maximum atomic E-state index is 10.9. The monoisotopic (exact) mass is 648 g/mol. The lowest BCUT2D eigenvalue weighted by molar-refractivity contribution is -0.0211. The fourth-order valence-electron chi connectivity index (χ4n) is 9.74. The molecule has 34 heavy (non-hydrogen) atoms. The second-order valence-electron chi connectivity index (χ2n) is 14.5. The molecule has 0 aromatic carbocycles. The van der Waals surface area contributed by atoms with Crippen molar-refractivity contribution in [2.75, 3.05) is 0 Å². The Kier molecular flexibility index (Phi) is 7.36. The molecule has 0 saturated heterocycles. The zero-order chi connectivity index (χ0) is 25.5. The van der Waals surface area contributed by atoms with E-state index >= 15 is 0 Å². The third-order valence-corrected chi connectivity index (χ3v) is 16.0. The van der Waals surface area contributed by atoms with Crippen molar-refractivity contribution in [3.8, 4) is 0 Å². The van der Waals surface area contributed by atoms with Crippen LogP contribution in [0.2, 0.25) is 0 Å². The van der Waals surface area contributed by atoms with Crippen molar-refractivity contribution >= 4 is 38.5 Å². The summed E-state index contributed by atoms with van der Waals surface area (Å²) in [5, 5.41) is 21.3. The third kappa shape index (κ3) is 4.04. The molecule has 4 rings (SSSR count). The first-order chi connectivity index (χ1) is 15.5. The largest absolute Gasteiger partial charge is 0.392 e. The molecule has 2 fully saturated rings. The van der Waals surface area contributed by atoms with Gasteiger partial charge in [-0.3, -0.25) is 0 Å². The number of aliphatic hydroxyl groups is 2. The van der Waals surface area contributed by atoms with Crippen LogP contribution in [0.1, 0.15) is 113 Å². The van der Waals surface area contributed by atoms with Crippen LogP contribution >= 0.6 is 38.5 Å². The molecular weight excluding hydrogens is 599 g/mol. The number of fused-ring (bicyclic) bond motifs is 4. The van der Waals surface area contributed by atoms with Crippen LogP contribution in [0.3, 0.4) is 0 Å². The molecule has 0 radical (unpaired) electrons. The van der Waals surface area contributed by atoms with Crippen LogP contribution in [-0.4, -0.2) is 30.7 Å². The van der Waals surface area contributed by atoms with E-state index in [0.717, 1.165) is 16.3 Å². The lowest BCUT2D eigenvalue weighted by Gasteiger charge is -2.62. The van der Waals surface area contributed by atoms with Gasteiger partial charge in [0.15, 0.2) is 0 Å². The van der Waals surface area contributed by atoms with E-state index in [9.17, 15) is 10.2 Å². The summed E-state index contributed by atoms with van der Waals surface area (Å²) in [5.41, 5.74) is 4.22. The van der Waals surface area contributed by atoms with Gasteiger partial charge < -0.3 is 10.2 Å². The SMILES string of the molecule is C[C@H](CC(O)C(Br)C(C)(C)O)[C@H]1CC[C@@]2(C)C3=C(CC[C@]12C)[C@@]1(C)CC[C@H](I)C(C)(C)[C@@H]1CC3. The Hall–Kier alpha value is 0.870. The Morgan fingerprint density at radius 3 is 2.26 bits per heavy atom. The molecule has 0 aromatic heterocycles. The number of allylic oxidation sites excluding steroid dienone is 2. The summed E-state index contributed by atoms with van der Waals surface area (Å²) in [5.74, 6) is 1.90. The Morgan fingerprint density at radius 2 is 1.65 bits per heavy atom. The van der Waals surface area contributed by atoms with E-state index in [-0.39, 0.29) is 4.83 Å². The summed E-state index contributed by atoms with van der Waals surface area (Å²) in [6, 6.07) is 0. The van der Waals surface area contributed by atoms with Gasteiger partial charge in [0.1, 0.15) is 0 Å². The molecule has 0 amide bonds. The second kappa shape index (κ2) is 8.97. The summed E-state index contributed by atoms with van der Waals surface area (Å²) >= 11 is 6.33. The molecule has 4 heteroatoms. The molecule has 0 spiro atoms. The van der Waals surface area contributed by atoms with Gasteiger partial charge >= 0.3 is 0 Å². The maximum absolute atomic E-state index is 10.9. The van der Waals surface area contributed by atoms with E-state index in [4.69, 9.17) is 0 Å². The number of aliphatic hydroxyl groups excluding tert-OH is 1. The zero-order valence-corrected chi connectivity index (χ0v) is 26.7. The normalized spacial score (nSPS) is 44.6. The number of hydrogen-bond acceptors (Lipinski definition) is 2. The molecule has 196 valence electrons. The molecule has 2 nitrogen and oxygen atoms in total. The van der Waals surface area contributed by atoms with Crippen molar-refractivity contribution in [3.05, 3.63) is 11.1 Å². The lowest BCUT2D eigenvalue weighted by Crippen LogP contribution is -2.54. The highest BCUT2D eigenvalue weighted by atomic mass is 127. The second-order valence-corrected chi connectivity index (χ2v) is 17.0. The first-order valence-corrected chi connectivity index (χ1v) is 16.1. The van der Waals surface area contributed by atoms with Crippen LogP contribution in [-0.2, 0) is 0 Å². The number of rotatable bonds is 5. The Balaban J connectivity index is 1.62. The molecule has 0 bridgehead atoms. The quantitative estimate of drug-likeness (QED) is 0.178. The highest BCUT2D eigenvalue weighted by Crippen LogP contribution is 2.72. The van der Waals surface area contributed by atoms with E-state index in [0.29, 0.717) is 33.5 Å². The Morgan fingerprint density at radius 1 is 1.00 bits per heavy atom. The van der Waals surface area contributed by atoms with Crippen molar-refractivity contribution in [1.29, 1.82) is 0 Å². The maximum Gasteiger partial charge on any atom is 0.0741 e. The lowest BCUT2D eigenvalue weighted by atomic mass is 9.43.